The van der Waals surface area contributed by atoms with Crippen LogP contribution in [0.1, 0.15) is 25.0 Å². The Morgan fingerprint density at radius 2 is 1.70 bits per heavy atom. The van der Waals surface area contributed by atoms with Gasteiger partial charge in [-0.25, -0.2) is 4.98 Å². The molecule has 2 aromatic carbocycles. The number of hydrogen-bond donors (Lipinski definition) is 1. The van der Waals surface area contributed by atoms with Crippen LogP contribution in [-0.2, 0) is 11.2 Å². The second-order valence-corrected chi connectivity index (χ2v) is 7.80. The molecule has 0 unspecified atom stereocenters. The summed E-state index contributed by atoms with van der Waals surface area (Å²) in [4.78, 5) is 11.8. The molecule has 1 saturated heterocycles. The molecule has 8 heteroatoms. The van der Waals surface area contributed by atoms with Crippen LogP contribution in [0.3, 0.4) is 0 Å². The van der Waals surface area contributed by atoms with E-state index in [0.717, 1.165) is 30.0 Å². The summed E-state index contributed by atoms with van der Waals surface area (Å²) in [7, 11) is 0. The predicted molar refractivity (Wildman–Crippen MR) is 124 cm³/mol. The van der Waals surface area contributed by atoms with E-state index in [1.165, 1.54) is 0 Å². The minimum absolute atomic E-state index is 0.0124. The molecule has 0 saturated carbocycles. The van der Waals surface area contributed by atoms with Crippen LogP contribution in [0, 0.1) is 0 Å². The van der Waals surface area contributed by atoms with Gasteiger partial charge in [0.1, 0.15) is 5.82 Å². The molecule has 0 bridgehead atoms. The van der Waals surface area contributed by atoms with E-state index in [2.05, 4.69) is 4.90 Å². The highest BCUT2D eigenvalue weighted by atomic mass is 16.5. The highest BCUT2D eigenvalue weighted by Crippen LogP contribution is 2.46. The number of para-hydroxylation sites is 2. The van der Waals surface area contributed by atoms with Crippen molar-refractivity contribution in [2.75, 3.05) is 44.4 Å². The van der Waals surface area contributed by atoms with E-state index in [9.17, 15) is 5.11 Å². The van der Waals surface area contributed by atoms with Crippen molar-refractivity contribution in [2.45, 2.75) is 20.3 Å². The maximum atomic E-state index is 10.9. The van der Waals surface area contributed by atoms with Gasteiger partial charge in [-0.1, -0.05) is 18.2 Å². The molecule has 5 rings (SSSR count). The van der Waals surface area contributed by atoms with Crippen LogP contribution in [-0.4, -0.2) is 54.6 Å². The fraction of sp³-hybridized carbons (Fsp3) is 0.360. The third kappa shape index (κ3) is 4.02. The normalized spacial score (nSPS) is 14.8. The Labute approximate surface area is 192 Å². The lowest BCUT2D eigenvalue weighted by molar-refractivity contribution is 0.122. The molecule has 0 spiro atoms. The summed E-state index contributed by atoms with van der Waals surface area (Å²) in [6.45, 7) is 7.51. The van der Waals surface area contributed by atoms with Gasteiger partial charge >= 0.3 is 0 Å². The lowest BCUT2D eigenvalue weighted by atomic mass is 10.0. The van der Waals surface area contributed by atoms with Crippen molar-refractivity contribution in [3.8, 4) is 40.3 Å². The first kappa shape index (κ1) is 21.3. The molecule has 0 atom stereocenters. The molecule has 2 aliphatic rings. The maximum absolute atomic E-state index is 10.9. The Bertz CT molecular complexity index is 1160. The van der Waals surface area contributed by atoms with Gasteiger partial charge in [0, 0.05) is 25.1 Å². The van der Waals surface area contributed by atoms with Crippen molar-refractivity contribution in [1.82, 2.24) is 9.97 Å². The van der Waals surface area contributed by atoms with Gasteiger partial charge < -0.3 is 29.0 Å². The smallest absolute Gasteiger partial charge is 0.228 e. The molecule has 33 heavy (non-hydrogen) atoms. The van der Waals surface area contributed by atoms with Crippen LogP contribution >= 0.6 is 0 Å². The van der Waals surface area contributed by atoms with E-state index >= 15 is 0 Å². The van der Waals surface area contributed by atoms with Crippen LogP contribution in [0.25, 0.3) is 11.4 Å². The number of aromatic nitrogens is 2. The van der Waals surface area contributed by atoms with Crippen molar-refractivity contribution >= 4 is 5.82 Å². The van der Waals surface area contributed by atoms with Gasteiger partial charge in [-0.3, -0.25) is 0 Å². The van der Waals surface area contributed by atoms with Crippen LogP contribution in [0.15, 0.2) is 36.4 Å². The average Bonchev–Trinajstić information content (AvgIpc) is 2.85. The Balaban J connectivity index is 1.64. The summed E-state index contributed by atoms with van der Waals surface area (Å²) in [5.74, 6) is 3.43. The van der Waals surface area contributed by atoms with Gasteiger partial charge in [-0.2, -0.15) is 4.98 Å². The Morgan fingerprint density at radius 3 is 2.48 bits per heavy atom. The second-order valence-electron chi connectivity index (χ2n) is 7.80. The Kier molecular flexibility index (Phi) is 5.92. The molecule has 8 nitrogen and oxygen atoms in total. The minimum Gasteiger partial charge on any atom is -0.504 e. The zero-order valence-corrected chi connectivity index (χ0v) is 18.8. The van der Waals surface area contributed by atoms with E-state index < -0.39 is 0 Å². The summed E-state index contributed by atoms with van der Waals surface area (Å²) >= 11 is 0. The van der Waals surface area contributed by atoms with Crippen molar-refractivity contribution in [3.05, 3.63) is 47.5 Å². The molecule has 172 valence electrons. The zero-order valence-electron chi connectivity index (χ0n) is 18.8. The first-order chi connectivity index (χ1) is 16.2. The molecular weight excluding hydrogens is 422 g/mol. The largest absolute Gasteiger partial charge is 0.504 e. The molecular formula is C25H27N3O5. The highest BCUT2D eigenvalue weighted by Gasteiger charge is 2.29. The van der Waals surface area contributed by atoms with Crippen LogP contribution in [0.5, 0.6) is 28.9 Å². The molecule has 0 amide bonds. The van der Waals surface area contributed by atoms with Gasteiger partial charge in [0.15, 0.2) is 28.8 Å². The van der Waals surface area contributed by atoms with Gasteiger partial charge in [0.2, 0.25) is 5.88 Å². The maximum Gasteiger partial charge on any atom is 0.228 e. The SMILES string of the molecule is CCOc1cccc(-c2nc3c(c(N4CCOCC4)n2)Cc2cccc(OCC)c2O3)c1O. The van der Waals surface area contributed by atoms with E-state index in [-0.39, 0.29) is 5.75 Å². The van der Waals surface area contributed by atoms with E-state index in [0.29, 0.717) is 67.4 Å². The summed E-state index contributed by atoms with van der Waals surface area (Å²) < 4.78 is 23.2. The topological polar surface area (TPSA) is 86.2 Å². The fourth-order valence-electron chi connectivity index (χ4n) is 4.20. The van der Waals surface area contributed by atoms with Gasteiger partial charge in [-0.05, 0) is 32.0 Å². The third-order valence-electron chi connectivity index (χ3n) is 5.72. The number of fused-ring (bicyclic) bond motifs is 2. The molecule has 3 aromatic rings. The molecule has 0 radical (unpaired) electrons. The fourth-order valence-corrected chi connectivity index (χ4v) is 4.20. The van der Waals surface area contributed by atoms with Crippen molar-refractivity contribution in [2.24, 2.45) is 0 Å². The zero-order chi connectivity index (χ0) is 22.8. The number of ether oxygens (including phenoxy) is 4. The Morgan fingerprint density at radius 1 is 0.970 bits per heavy atom. The number of rotatable bonds is 6. The predicted octanol–water partition coefficient (Wildman–Crippen LogP) is 4.18. The quantitative estimate of drug-likeness (QED) is 0.469. The summed E-state index contributed by atoms with van der Waals surface area (Å²) in [5, 5.41) is 10.9. The number of anilines is 1. The van der Waals surface area contributed by atoms with E-state index in [1.54, 1.807) is 12.1 Å². The third-order valence-corrected chi connectivity index (χ3v) is 5.72. The summed E-state index contributed by atoms with van der Waals surface area (Å²) in [6.07, 6.45) is 0.628. The van der Waals surface area contributed by atoms with Crippen molar-refractivity contribution < 1.29 is 24.1 Å². The number of morpholine rings is 1. The van der Waals surface area contributed by atoms with Crippen molar-refractivity contribution in [1.29, 1.82) is 0 Å². The molecule has 1 fully saturated rings. The van der Waals surface area contributed by atoms with Crippen LogP contribution in [0.4, 0.5) is 5.82 Å². The Hall–Kier alpha value is -3.52. The molecule has 2 aliphatic heterocycles. The first-order valence-electron chi connectivity index (χ1n) is 11.3. The summed E-state index contributed by atoms with van der Waals surface area (Å²) in [5.41, 5.74) is 2.44. The number of aromatic hydroxyl groups is 1. The van der Waals surface area contributed by atoms with E-state index in [1.807, 2.05) is 38.1 Å². The second kappa shape index (κ2) is 9.15. The molecule has 0 aliphatic carbocycles. The van der Waals surface area contributed by atoms with E-state index in [4.69, 9.17) is 28.9 Å². The number of phenolic OH excluding ortho intramolecular Hbond substituents is 1. The van der Waals surface area contributed by atoms with Gasteiger partial charge in [0.25, 0.3) is 0 Å². The molecule has 1 N–H and O–H groups in total. The van der Waals surface area contributed by atoms with Crippen molar-refractivity contribution in [3.63, 3.8) is 0 Å². The lowest BCUT2D eigenvalue weighted by Gasteiger charge is -2.32. The van der Waals surface area contributed by atoms with Gasteiger partial charge in [0.05, 0.1) is 37.6 Å². The first-order valence-corrected chi connectivity index (χ1v) is 11.3. The number of nitrogens with zero attached hydrogens (tertiary/aromatic N) is 3. The number of benzene rings is 2. The number of hydrogen-bond acceptors (Lipinski definition) is 8. The highest BCUT2D eigenvalue weighted by molar-refractivity contribution is 5.72. The lowest BCUT2D eigenvalue weighted by Crippen LogP contribution is -2.37. The average molecular weight is 450 g/mol. The van der Waals surface area contributed by atoms with Gasteiger partial charge in [-0.15, -0.1) is 0 Å². The summed E-state index contributed by atoms with van der Waals surface area (Å²) in [6, 6.07) is 11.2. The number of phenols is 1. The molecule has 3 heterocycles. The van der Waals surface area contributed by atoms with Crippen LogP contribution < -0.4 is 19.1 Å². The minimum atomic E-state index is 0.0124. The monoisotopic (exact) mass is 449 g/mol. The standard InChI is InChI=1S/C25H27N3O5/c1-3-31-19-9-6-8-17(21(19)29)23-26-24(28-11-13-30-14-12-28)18-15-16-7-5-10-20(32-4-2)22(16)33-25(18)27-23/h5-10,29H,3-4,11-15H2,1-2H3. The van der Waals surface area contributed by atoms with Crippen LogP contribution in [0.2, 0.25) is 0 Å². The molecule has 1 aromatic heterocycles.